The molecule has 1 aliphatic heterocycles. The maximum atomic E-state index is 13.0. The van der Waals surface area contributed by atoms with Gasteiger partial charge in [-0.1, -0.05) is 35.9 Å². The van der Waals surface area contributed by atoms with Gasteiger partial charge >= 0.3 is 5.97 Å². The predicted molar refractivity (Wildman–Crippen MR) is 126 cm³/mol. The van der Waals surface area contributed by atoms with Crippen molar-refractivity contribution in [2.45, 2.75) is 30.9 Å². The molecule has 0 bridgehead atoms. The van der Waals surface area contributed by atoms with E-state index < -0.39 is 23.5 Å². The Morgan fingerprint density at radius 1 is 1.15 bits per heavy atom. The molecule has 3 aromatic rings. The topological polar surface area (TPSA) is 123 Å². The van der Waals surface area contributed by atoms with Crippen LogP contribution in [0.25, 0.3) is 10.9 Å². The summed E-state index contributed by atoms with van der Waals surface area (Å²) in [4.78, 5) is 41.4. The fourth-order valence-electron chi connectivity index (χ4n) is 4.97. The van der Waals surface area contributed by atoms with Gasteiger partial charge in [-0.25, -0.2) is 0 Å². The van der Waals surface area contributed by atoms with Gasteiger partial charge in [0.15, 0.2) is 0 Å². The van der Waals surface area contributed by atoms with E-state index in [9.17, 15) is 19.5 Å². The quantitative estimate of drug-likeness (QED) is 0.446. The number of aliphatic carboxylic acids is 1. The number of likely N-dealkylation sites (tertiary alicyclic amines) is 1. The minimum atomic E-state index is -1.47. The third-order valence-corrected chi connectivity index (χ3v) is 6.99. The van der Waals surface area contributed by atoms with Crippen molar-refractivity contribution < 1.29 is 24.6 Å². The second-order valence-corrected chi connectivity index (χ2v) is 9.63. The standard InChI is InChI=1S/C25H24ClN3O5/c26-17-5-6-20-15(7-17)9-21(28-20)23(31)27-18-8-14-3-1-2-4-19(14)25(34,10-18)11-22(30)29-12-16(13-29)24(32)33/h1-7,9,16,18,28,34H,8,10-13H2,(H,27,31)(H,32,33)/t18?,25-/m0/s1. The van der Waals surface area contributed by atoms with Gasteiger partial charge in [-0.15, -0.1) is 0 Å². The second-order valence-electron chi connectivity index (χ2n) is 9.19. The molecule has 2 heterocycles. The first-order chi connectivity index (χ1) is 16.2. The zero-order valence-electron chi connectivity index (χ0n) is 18.3. The van der Waals surface area contributed by atoms with Crippen LogP contribution in [0.1, 0.15) is 34.5 Å². The molecule has 34 heavy (non-hydrogen) atoms. The molecular weight excluding hydrogens is 458 g/mol. The van der Waals surface area contributed by atoms with Gasteiger partial charge in [0, 0.05) is 41.5 Å². The number of H-pyrrole nitrogens is 1. The van der Waals surface area contributed by atoms with Crippen LogP contribution in [0.4, 0.5) is 0 Å². The molecule has 1 fully saturated rings. The SMILES string of the molecule is O=C(NC1Cc2ccccc2[C@@](O)(CC(=O)N2CC(C(=O)O)C2)C1)c1cc2cc(Cl)ccc2[nH]1. The number of fused-ring (bicyclic) bond motifs is 2. The van der Waals surface area contributed by atoms with Crippen LogP contribution in [-0.4, -0.2) is 57.0 Å². The summed E-state index contributed by atoms with van der Waals surface area (Å²) < 4.78 is 0. The average molecular weight is 482 g/mol. The normalized spacial score (nSPS) is 22.2. The first-order valence-corrected chi connectivity index (χ1v) is 11.5. The maximum Gasteiger partial charge on any atom is 0.310 e. The van der Waals surface area contributed by atoms with Crippen LogP contribution in [0.15, 0.2) is 48.5 Å². The number of carboxylic acids is 1. The van der Waals surface area contributed by atoms with E-state index in [-0.39, 0.29) is 37.7 Å². The molecule has 0 saturated carbocycles. The molecule has 5 rings (SSSR count). The number of hydrogen-bond acceptors (Lipinski definition) is 4. The number of carboxylic acid groups (broad SMARTS) is 1. The van der Waals surface area contributed by atoms with Gasteiger partial charge in [0.25, 0.3) is 5.91 Å². The van der Waals surface area contributed by atoms with Crippen molar-refractivity contribution in [2.24, 2.45) is 5.92 Å². The highest BCUT2D eigenvalue weighted by molar-refractivity contribution is 6.31. The van der Waals surface area contributed by atoms with E-state index in [1.165, 1.54) is 4.90 Å². The molecular formula is C25H24ClN3O5. The zero-order chi connectivity index (χ0) is 24.0. The molecule has 176 valence electrons. The van der Waals surface area contributed by atoms with E-state index in [0.29, 0.717) is 22.7 Å². The summed E-state index contributed by atoms with van der Waals surface area (Å²) in [5, 5.41) is 25.1. The predicted octanol–water partition coefficient (Wildman–Crippen LogP) is 2.69. The lowest BCUT2D eigenvalue weighted by Gasteiger charge is -2.42. The van der Waals surface area contributed by atoms with Gasteiger partial charge in [-0.2, -0.15) is 0 Å². The fraction of sp³-hybridized carbons (Fsp3) is 0.320. The Kier molecular flexibility index (Phi) is 5.58. The van der Waals surface area contributed by atoms with E-state index in [2.05, 4.69) is 10.3 Å². The molecule has 2 atom stereocenters. The van der Waals surface area contributed by atoms with Crippen LogP contribution < -0.4 is 5.32 Å². The Labute approximate surface area is 200 Å². The summed E-state index contributed by atoms with van der Waals surface area (Å²) in [7, 11) is 0. The van der Waals surface area contributed by atoms with E-state index in [1.807, 2.05) is 18.2 Å². The minimum Gasteiger partial charge on any atom is -0.481 e. The van der Waals surface area contributed by atoms with Gasteiger partial charge in [0.05, 0.1) is 12.3 Å². The van der Waals surface area contributed by atoms with Crippen molar-refractivity contribution in [2.75, 3.05) is 13.1 Å². The van der Waals surface area contributed by atoms with Crippen LogP contribution in [0.2, 0.25) is 5.02 Å². The second kappa shape index (κ2) is 8.45. The van der Waals surface area contributed by atoms with Crippen molar-refractivity contribution in [3.63, 3.8) is 0 Å². The van der Waals surface area contributed by atoms with E-state index in [0.717, 1.165) is 16.5 Å². The molecule has 2 amide bonds. The third kappa shape index (κ3) is 4.15. The lowest BCUT2D eigenvalue weighted by atomic mass is 9.74. The van der Waals surface area contributed by atoms with Gasteiger partial charge in [-0.05, 0) is 41.8 Å². The van der Waals surface area contributed by atoms with Crippen molar-refractivity contribution >= 4 is 40.3 Å². The number of halogens is 1. The summed E-state index contributed by atoms with van der Waals surface area (Å²) >= 11 is 6.04. The van der Waals surface area contributed by atoms with Crippen LogP contribution >= 0.6 is 11.6 Å². The van der Waals surface area contributed by atoms with Crippen molar-refractivity contribution in [1.82, 2.24) is 15.2 Å². The van der Waals surface area contributed by atoms with Crippen molar-refractivity contribution in [3.05, 3.63) is 70.4 Å². The number of benzene rings is 2. The number of aromatic nitrogens is 1. The number of carbonyl (C=O) groups is 3. The van der Waals surface area contributed by atoms with Gasteiger partial charge < -0.3 is 25.4 Å². The Bertz CT molecular complexity index is 1300. The maximum absolute atomic E-state index is 13.0. The molecule has 9 heteroatoms. The lowest BCUT2D eigenvalue weighted by Crippen LogP contribution is -2.55. The number of carbonyl (C=O) groups excluding carboxylic acids is 2. The number of nitrogens with zero attached hydrogens (tertiary/aromatic N) is 1. The van der Waals surface area contributed by atoms with Gasteiger partial charge in [-0.3, -0.25) is 14.4 Å². The smallest absolute Gasteiger partial charge is 0.310 e. The molecule has 1 aliphatic carbocycles. The van der Waals surface area contributed by atoms with E-state index in [4.69, 9.17) is 16.7 Å². The van der Waals surface area contributed by atoms with Gasteiger partial charge in [0.1, 0.15) is 11.3 Å². The van der Waals surface area contributed by atoms with Crippen LogP contribution in [-0.2, 0) is 21.6 Å². The Morgan fingerprint density at radius 3 is 2.68 bits per heavy atom. The van der Waals surface area contributed by atoms with Gasteiger partial charge in [0.2, 0.25) is 5.91 Å². The summed E-state index contributed by atoms with van der Waals surface area (Å²) in [6, 6.07) is 14.0. The number of aromatic amines is 1. The van der Waals surface area contributed by atoms with E-state index >= 15 is 0 Å². The number of nitrogens with one attached hydrogen (secondary N) is 2. The monoisotopic (exact) mass is 481 g/mol. The Balaban J connectivity index is 1.33. The molecule has 1 saturated heterocycles. The Hall–Kier alpha value is -3.36. The first kappa shape index (κ1) is 22.4. The third-order valence-electron chi connectivity index (χ3n) is 6.76. The lowest BCUT2D eigenvalue weighted by molar-refractivity contribution is -0.155. The number of rotatable bonds is 5. The molecule has 0 spiro atoms. The summed E-state index contributed by atoms with van der Waals surface area (Å²) in [6.07, 6.45) is 0.520. The number of amides is 2. The molecule has 2 aromatic carbocycles. The summed E-state index contributed by atoms with van der Waals surface area (Å²) in [5.74, 6) is -2.09. The highest BCUT2D eigenvalue weighted by Gasteiger charge is 2.44. The fourth-order valence-corrected chi connectivity index (χ4v) is 5.15. The van der Waals surface area contributed by atoms with Crippen LogP contribution in [0, 0.1) is 5.92 Å². The first-order valence-electron chi connectivity index (χ1n) is 11.1. The van der Waals surface area contributed by atoms with Crippen molar-refractivity contribution in [3.8, 4) is 0 Å². The molecule has 4 N–H and O–H groups in total. The largest absolute Gasteiger partial charge is 0.481 e. The summed E-state index contributed by atoms with van der Waals surface area (Å²) in [6.45, 7) is 0.299. The van der Waals surface area contributed by atoms with Crippen LogP contribution in [0.5, 0.6) is 0 Å². The molecule has 0 radical (unpaired) electrons. The molecule has 1 aromatic heterocycles. The average Bonchev–Trinajstić information content (AvgIpc) is 3.15. The van der Waals surface area contributed by atoms with E-state index in [1.54, 1.807) is 30.3 Å². The highest BCUT2D eigenvalue weighted by Crippen LogP contribution is 2.39. The highest BCUT2D eigenvalue weighted by atomic mass is 35.5. The zero-order valence-corrected chi connectivity index (χ0v) is 19.0. The van der Waals surface area contributed by atoms with Crippen molar-refractivity contribution in [1.29, 1.82) is 0 Å². The molecule has 8 nitrogen and oxygen atoms in total. The molecule has 2 aliphatic rings. The Morgan fingerprint density at radius 2 is 1.91 bits per heavy atom. The van der Waals surface area contributed by atoms with Crippen LogP contribution in [0.3, 0.4) is 0 Å². The number of aliphatic hydroxyl groups is 1. The number of hydrogen-bond donors (Lipinski definition) is 4. The minimum absolute atomic E-state index is 0.149. The summed E-state index contributed by atoms with van der Waals surface area (Å²) in [5.41, 5.74) is 1.25. The molecule has 1 unspecified atom stereocenters.